The van der Waals surface area contributed by atoms with E-state index in [4.69, 9.17) is 0 Å². The van der Waals surface area contributed by atoms with Gasteiger partial charge in [0.25, 0.3) is 5.91 Å². The minimum atomic E-state index is -0.636. The van der Waals surface area contributed by atoms with Gasteiger partial charge in [-0.3, -0.25) is 9.78 Å². The molecule has 2 aromatic heterocycles. The number of pyridine rings is 1. The van der Waals surface area contributed by atoms with Crippen molar-refractivity contribution in [2.75, 3.05) is 10.6 Å². The topological polar surface area (TPSA) is 125 Å². The fourth-order valence-corrected chi connectivity index (χ4v) is 3.82. The maximum absolute atomic E-state index is 13.4. The predicted molar refractivity (Wildman–Crippen MR) is 123 cm³/mol. The molecule has 1 atom stereocenters. The van der Waals surface area contributed by atoms with Gasteiger partial charge in [0, 0.05) is 17.5 Å². The number of carbonyl (C=O) groups excluding carboxylic acids is 1. The summed E-state index contributed by atoms with van der Waals surface area (Å²) in [6, 6.07) is 16.1. The number of hydrogen-bond donors (Lipinski definition) is 4. The minimum absolute atomic E-state index is 0.0797. The number of anilines is 2. The molecule has 1 aliphatic heterocycles. The molecule has 0 aliphatic carbocycles. The van der Waals surface area contributed by atoms with Gasteiger partial charge >= 0.3 is 0 Å². The van der Waals surface area contributed by atoms with Gasteiger partial charge in [0.2, 0.25) is 5.95 Å². The Hall–Kier alpha value is -4.66. The lowest BCUT2D eigenvalue weighted by Crippen LogP contribution is -2.31. The van der Waals surface area contributed by atoms with Crippen LogP contribution < -0.4 is 10.6 Å². The van der Waals surface area contributed by atoms with Crippen LogP contribution in [-0.4, -0.2) is 35.9 Å². The molecule has 0 bridgehead atoms. The van der Waals surface area contributed by atoms with E-state index in [1.807, 2.05) is 6.07 Å². The molecule has 0 saturated carbocycles. The number of nitrogens with one attached hydrogen (secondary N) is 2. The number of amides is 1. The molecule has 3 heterocycles. The molecule has 0 spiro atoms. The van der Waals surface area contributed by atoms with Crippen LogP contribution in [0.4, 0.5) is 11.6 Å². The van der Waals surface area contributed by atoms with Crippen molar-refractivity contribution in [3.05, 3.63) is 89.9 Å². The Labute approximate surface area is 189 Å². The standard InChI is InChI=1S/C24H20N6O3/c1-14-20(23(33)27-17-5-3-11-25-13-17)21(16-4-2-6-19(32)12-16)30-24(26-14)28-22(29-30)15-7-9-18(31)10-8-15/h2-13,21,31-32H,1H3,(H,27,33)(H,26,28,29). The highest BCUT2D eigenvalue weighted by Gasteiger charge is 2.34. The van der Waals surface area contributed by atoms with Crippen molar-refractivity contribution in [2.24, 2.45) is 0 Å². The maximum Gasteiger partial charge on any atom is 0.255 e. The average molecular weight is 440 g/mol. The number of fused-ring (bicyclic) bond motifs is 1. The summed E-state index contributed by atoms with van der Waals surface area (Å²) >= 11 is 0. The van der Waals surface area contributed by atoms with E-state index in [0.717, 1.165) is 0 Å². The van der Waals surface area contributed by atoms with Crippen LogP contribution in [0.1, 0.15) is 18.5 Å². The van der Waals surface area contributed by atoms with Gasteiger partial charge in [0.1, 0.15) is 17.5 Å². The highest BCUT2D eigenvalue weighted by Crippen LogP contribution is 2.37. The van der Waals surface area contributed by atoms with E-state index in [0.29, 0.717) is 39.9 Å². The van der Waals surface area contributed by atoms with Crippen molar-refractivity contribution in [1.29, 1.82) is 0 Å². The van der Waals surface area contributed by atoms with Crippen molar-refractivity contribution in [2.45, 2.75) is 13.0 Å². The number of hydrogen-bond acceptors (Lipinski definition) is 7. The van der Waals surface area contributed by atoms with E-state index in [1.54, 1.807) is 78.6 Å². The minimum Gasteiger partial charge on any atom is -0.508 e. The van der Waals surface area contributed by atoms with Crippen LogP contribution >= 0.6 is 0 Å². The zero-order chi connectivity index (χ0) is 22.9. The van der Waals surface area contributed by atoms with Crippen molar-refractivity contribution >= 4 is 17.5 Å². The smallest absolute Gasteiger partial charge is 0.255 e. The highest BCUT2D eigenvalue weighted by molar-refractivity contribution is 6.06. The van der Waals surface area contributed by atoms with Crippen molar-refractivity contribution in [3.8, 4) is 22.9 Å². The first-order chi connectivity index (χ1) is 16.0. The molecule has 1 amide bonds. The molecule has 2 aromatic carbocycles. The first-order valence-electron chi connectivity index (χ1n) is 10.2. The third-order valence-corrected chi connectivity index (χ3v) is 5.33. The van der Waals surface area contributed by atoms with Gasteiger partial charge in [-0.25, -0.2) is 4.68 Å². The predicted octanol–water partition coefficient (Wildman–Crippen LogP) is 3.68. The lowest BCUT2D eigenvalue weighted by Gasteiger charge is -2.28. The molecule has 9 nitrogen and oxygen atoms in total. The number of aromatic nitrogens is 4. The third-order valence-electron chi connectivity index (χ3n) is 5.33. The number of phenolic OH excluding ortho intramolecular Hbond substituents is 2. The molecule has 33 heavy (non-hydrogen) atoms. The molecule has 1 unspecified atom stereocenters. The number of aromatic hydroxyl groups is 2. The number of nitrogens with zero attached hydrogens (tertiary/aromatic N) is 4. The monoisotopic (exact) mass is 440 g/mol. The molecule has 1 aliphatic rings. The molecular formula is C24H20N6O3. The quantitative estimate of drug-likeness (QED) is 0.381. The maximum atomic E-state index is 13.4. The van der Waals surface area contributed by atoms with Gasteiger partial charge in [0.05, 0.1) is 17.5 Å². The zero-order valence-electron chi connectivity index (χ0n) is 17.6. The Morgan fingerprint density at radius 1 is 1.06 bits per heavy atom. The Morgan fingerprint density at radius 3 is 2.61 bits per heavy atom. The second-order valence-corrected chi connectivity index (χ2v) is 7.61. The number of phenols is 2. The molecule has 4 aromatic rings. The lowest BCUT2D eigenvalue weighted by molar-refractivity contribution is -0.113. The Kier molecular flexibility index (Phi) is 4.98. The molecule has 164 valence electrons. The van der Waals surface area contributed by atoms with Gasteiger partial charge < -0.3 is 20.8 Å². The molecule has 5 rings (SSSR count). The van der Waals surface area contributed by atoms with Gasteiger partial charge in [-0.05, 0) is 61.0 Å². The fourth-order valence-electron chi connectivity index (χ4n) is 3.82. The van der Waals surface area contributed by atoms with E-state index < -0.39 is 6.04 Å². The van der Waals surface area contributed by atoms with Gasteiger partial charge in [-0.15, -0.1) is 5.10 Å². The van der Waals surface area contributed by atoms with Crippen LogP contribution in [0.3, 0.4) is 0 Å². The van der Waals surface area contributed by atoms with E-state index in [2.05, 4.69) is 25.7 Å². The van der Waals surface area contributed by atoms with Crippen LogP contribution in [0.15, 0.2) is 84.3 Å². The molecule has 0 radical (unpaired) electrons. The molecular weight excluding hydrogens is 420 g/mol. The number of carbonyl (C=O) groups is 1. The Balaban J connectivity index is 1.61. The van der Waals surface area contributed by atoms with E-state index >= 15 is 0 Å². The highest BCUT2D eigenvalue weighted by atomic mass is 16.3. The first kappa shape index (κ1) is 20.3. The summed E-state index contributed by atoms with van der Waals surface area (Å²) in [5.41, 5.74) is 2.99. The average Bonchev–Trinajstić information content (AvgIpc) is 3.22. The number of allylic oxidation sites excluding steroid dienone is 1. The van der Waals surface area contributed by atoms with Gasteiger partial charge in [-0.1, -0.05) is 12.1 Å². The van der Waals surface area contributed by atoms with E-state index in [9.17, 15) is 15.0 Å². The zero-order valence-corrected chi connectivity index (χ0v) is 17.6. The second-order valence-electron chi connectivity index (χ2n) is 7.61. The van der Waals surface area contributed by atoms with Crippen molar-refractivity contribution < 1.29 is 15.0 Å². The van der Waals surface area contributed by atoms with Crippen molar-refractivity contribution in [3.63, 3.8) is 0 Å². The molecule has 9 heteroatoms. The number of rotatable bonds is 4. The SMILES string of the molecule is CC1=C(C(=O)Nc2cccnc2)C(c2cccc(O)c2)n2nc(-c3ccc(O)cc3)nc2N1. The molecule has 4 N–H and O–H groups in total. The van der Waals surface area contributed by atoms with E-state index in [-0.39, 0.29) is 17.4 Å². The van der Waals surface area contributed by atoms with Gasteiger partial charge in [0.15, 0.2) is 5.82 Å². The summed E-state index contributed by atoms with van der Waals surface area (Å²) in [5.74, 6) is 0.793. The van der Waals surface area contributed by atoms with E-state index in [1.165, 1.54) is 0 Å². The molecule has 0 fully saturated rings. The Bertz CT molecular complexity index is 1360. The largest absolute Gasteiger partial charge is 0.508 e. The van der Waals surface area contributed by atoms with Crippen LogP contribution in [0.5, 0.6) is 11.5 Å². The third kappa shape index (κ3) is 3.87. The fraction of sp³-hybridized carbons (Fsp3) is 0.0833. The summed E-state index contributed by atoms with van der Waals surface area (Å²) in [7, 11) is 0. The summed E-state index contributed by atoms with van der Waals surface area (Å²) in [6.07, 6.45) is 3.20. The summed E-state index contributed by atoms with van der Waals surface area (Å²) < 4.78 is 1.63. The normalized spacial score (nSPS) is 15.0. The van der Waals surface area contributed by atoms with Gasteiger partial charge in [-0.2, -0.15) is 4.98 Å². The summed E-state index contributed by atoms with van der Waals surface area (Å²) in [6.45, 7) is 1.80. The summed E-state index contributed by atoms with van der Waals surface area (Å²) in [4.78, 5) is 22.0. The van der Waals surface area contributed by atoms with Crippen LogP contribution in [0, 0.1) is 0 Å². The van der Waals surface area contributed by atoms with Crippen LogP contribution in [-0.2, 0) is 4.79 Å². The number of benzene rings is 2. The van der Waals surface area contributed by atoms with Crippen molar-refractivity contribution in [1.82, 2.24) is 19.7 Å². The van der Waals surface area contributed by atoms with Crippen LogP contribution in [0.25, 0.3) is 11.4 Å². The first-order valence-corrected chi connectivity index (χ1v) is 10.2. The van der Waals surface area contributed by atoms with Crippen LogP contribution in [0.2, 0.25) is 0 Å². The lowest BCUT2D eigenvalue weighted by atomic mass is 9.95. The Morgan fingerprint density at radius 2 is 1.88 bits per heavy atom. The molecule has 0 saturated heterocycles. The second kappa shape index (κ2) is 8.12. The summed E-state index contributed by atoms with van der Waals surface area (Å²) in [5, 5.41) is 30.4.